The molecule has 7 heteroatoms. The number of hydrogen-bond acceptors (Lipinski definition) is 2. The average molecular weight is 416 g/mol. The van der Waals surface area contributed by atoms with Gasteiger partial charge in [-0.25, -0.2) is 13.8 Å². The molecule has 1 N–H and O–H groups in total. The first-order valence-electron chi connectivity index (χ1n) is 9.73. The third kappa shape index (κ3) is 3.54. The fraction of sp³-hybridized carbons (Fsp3) is 0.0833. The molecule has 3 heterocycles. The summed E-state index contributed by atoms with van der Waals surface area (Å²) in [4.78, 5) is 17.5. The molecule has 0 saturated heterocycles. The smallest absolute Gasteiger partial charge is 0.272 e. The Hall–Kier alpha value is -4.00. The standard InChI is InChI=1S/C24H18F2N4O/c1-29-8-7-16-11-20(13-27-23(16)29)28-24(31)22-12-17-10-19(26)5-6-21(17)30(22)14-15-3-2-4-18(25)9-15/h2-13H,14H2,1H3,(H,28,31). The van der Waals surface area contributed by atoms with Gasteiger partial charge < -0.3 is 14.5 Å². The second-order valence-corrected chi connectivity index (χ2v) is 7.47. The zero-order valence-corrected chi connectivity index (χ0v) is 16.6. The number of nitrogens with zero attached hydrogens (tertiary/aromatic N) is 3. The number of fused-ring (bicyclic) bond motifs is 2. The molecule has 0 aliphatic rings. The molecule has 0 saturated carbocycles. The molecule has 5 aromatic rings. The summed E-state index contributed by atoms with van der Waals surface area (Å²) in [5.41, 5.74) is 3.10. The average Bonchev–Trinajstić information content (AvgIpc) is 3.28. The lowest BCUT2D eigenvalue weighted by Gasteiger charge is -2.12. The maximum atomic E-state index is 13.8. The highest BCUT2D eigenvalue weighted by molar-refractivity contribution is 6.07. The molecule has 0 bridgehead atoms. The number of hydrogen-bond donors (Lipinski definition) is 1. The molecule has 2 aromatic carbocycles. The summed E-state index contributed by atoms with van der Waals surface area (Å²) in [5, 5.41) is 4.37. The van der Waals surface area contributed by atoms with Gasteiger partial charge in [-0.3, -0.25) is 4.79 Å². The van der Waals surface area contributed by atoms with E-state index in [4.69, 9.17) is 0 Å². The number of rotatable bonds is 4. The largest absolute Gasteiger partial charge is 0.336 e. The number of pyridine rings is 1. The summed E-state index contributed by atoms with van der Waals surface area (Å²) in [6.07, 6.45) is 3.49. The van der Waals surface area contributed by atoms with Crippen LogP contribution in [0.3, 0.4) is 0 Å². The molecule has 154 valence electrons. The van der Waals surface area contributed by atoms with E-state index in [2.05, 4.69) is 10.3 Å². The van der Waals surface area contributed by atoms with Gasteiger partial charge in [0.1, 0.15) is 23.0 Å². The first kappa shape index (κ1) is 19.0. The Labute approximate surface area is 176 Å². The van der Waals surface area contributed by atoms with Crippen LogP contribution in [-0.2, 0) is 13.6 Å². The van der Waals surface area contributed by atoms with Crippen molar-refractivity contribution in [1.82, 2.24) is 14.1 Å². The summed E-state index contributed by atoms with van der Waals surface area (Å²) in [7, 11) is 1.90. The summed E-state index contributed by atoms with van der Waals surface area (Å²) >= 11 is 0. The van der Waals surface area contributed by atoms with Gasteiger partial charge in [0.2, 0.25) is 0 Å². The Bertz CT molecular complexity index is 1450. The van der Waals surface area contributed by atoms with Crippen molar-refractivity contribution in [3.8, 4) is 0 Å². The van der Waals surface area contributed by atoms with Gasteiger partial charge in [0.15, 0.2) is 0 Å². The number of carbonyl (C=O) groups excluding carboxylic acids is 1. The molecular formula is C24H18F2N4O. The van der Waals surface area contributed by atoms with Crippen LogP contribution in [0.4, 0.5) is 14.5 Å². The minimum absolute atomic E-state index is 0.269. The fourth-order valence-corrected chi connectivity index (χ4v) is 3.84. The number of halogens is 2. The summed E-state index contributed by atoms with van der Waals surface area (Å²) in [5.74, 6) is -1.10. The fourth-order valence-electron chi connectivity index (χ4n) is 3.84. The summed E-state index contributed by atoms with van der Waals surface area (Å²) in [6.45, 7) is 0.269. The number of aryl methyl sites for hydroxylation is 1. The number of anilines is 1. The molecule has 0 unspecified atom stereocenters. The van der Waals surface area contributed by atoms with E-state index in [1.165, 1.54) is 24.3 Å². The van der Waals surface area contributed by atoms with E-state index in [1.807, 2.05) is 29.9 Å². The number of nitrogens with one attached hydrogen (secondary N) is 1. The van der Waals surface area contributed by atoms with Crippen LogP contribution in [0.25, 0.3) is 21.9 Å². The zero-order chi connectivity index (χ0) is 21.5. The molecule has 0 aliphatic heterocycles. The van der Waals surface area contributed by atoms with Crippen LogP contribution in [0.1, 0.15) is 16.1 Å². The lowest BCUT2D eigenvalue weighted by molar-refractivity contribution is 0.101. The Kier molecular flexibility index (Phi) is 4.51. The van der Waals surface area contributed by atoms with E-state index >= 15 is 0 Å². The number of aromatic nitrogens is 3. The third-order valence-electron chi connectivity index (χ3n) is 5.29. The predicted octanol–water partition coefficient (Wildman–Crippen LogP) is 5.11. The lowest BCUT2D eigenvalue weighted by Crippen LogP contribution is -2.17. The van der Waals surface area contributed by atoms with Gasteiger partial charge in [-0.1, -0.05) is 12.1 Å². The molecule has 0 fully saturated rings. The van der Waals surface area contributed by atoms with E-state index in [1.54, 1.807) is 35.0 Å². The Morgan fingerprint density at radius 3 is 2.68 bits per heavy atom. The third-order valence-corrected chi connectivity index (χ3v) is 5.29. The maximum absolute atomic E-state index is 13.8. The molecular weight excluding hydrogens is 398 g/mol. The molecule has 1 amide bonds. The van der Waals surface area contributed by atoms with Crippen LogP contribution in [-0.4, -0.2) is 20.0 Å². The predicted molar refractivity (Wildman–Crippen MR) is 116 cm³/mol. The van der Waals surface area contributed by atoms with E-state index in [0.29, 0.717) is 27.8 Å². The van der Waals surface area contributed by atoms with Gasteiger partial charge in [-0.05, 0) is 54.1 Å². The first-order valence-corrected chi connectivity index (χ1v) is 9.73. The van der Waals surface area contributed by atoms with E-state index in [9.17, 15) is 13.6 Å². The summed E-state index contributed by atoms with van der Waals surface area (Å²) < 4.78 is 31.1. The van der Waals surface area contributed by atoms with Crippen LogP contribution in [0, 0.1) is 11.6 Å². The van der Waals surface area contributed by atoms with Crippen molar-refractivity contribution in [2.75, 3.05) is 5.32 Å². The van der Waals surface area contributed by atoms with Crippen molar-refractivity contribution in [2.24, 2.45) is 7.05 Å². The van der Waals surface area contributed by atoms with Crippen LogP contribution >= 0.6 is 0 Å². The zero-order valence-electron chi connectivity index (χ0n) is 16.6. The van der Waals surface area contributed by atoms with Crippen LogP contribution < -0.4 is 5.32 Å². The molecule has 0 atom stereocenters. The van der Waals surface area contributed by atoms with Gasteiger partial charge in [-0.15, -0.1) is 0 Å². The Balaban J connectivity index is 1.54. The monoisotopic (exact) mass is 416 g/mol. The van der Waals surface area contributed by atoms with Crippen molar-refractivity contribution in [2.45, 2.75) is 6.54 Å². The van der Waals surface area contributed by atoms with Crippen molar-refractivity contribution in [3.63, 3.8) is 0 Å². The summed E-state index contributed by atoms with van der Waals surface area (Å²) in [6, 6.07) is 16.0. The molecule has 0 radical (unpaired) electrons. The van der Waals surface area contributed by atoms with Crippen molar-refractivity contribution in [3.05, 3.63) is 95.9 Å². The molecule has 0 aliphatic carbocycles. The minimum atomic E-state index is -0.388. The number of carbonyl (C=O) groups is 1. The minimum Gasteiger partial charge on any atom is -0.336 e. The van der Waals surface area contributed by atoms with Gasteiger partial charge in [-0.2, -0.15) is 0 Å². The van der Waals surface area contributed by atoms with Crippen LogP contribution in [0.15, 0.2) is 73.1 Å². The van der Waals surface area contributed by atoms with Gasteiger partial charge in [0.25, 0.3) is 5.91 Å². The van der Waals surface area contributed by atoms with Crippen LogP contribution in [0.5, 0.6) is 0 Å². The highest BCUT2D eigenvalue weighted by atomic mass is 19.1. The molecule has 3 aromatic heterocycles. The first-order chi connectivity index (χ1) is 15.0. The molecule has 5 rings (SSSR count). The molecule has 31 heavy (non-hydrogen) atoms. The maximum Gasteiger partial charge on any atom is 0.272 e. The Morgan fingerprint density at radius 1 is 1.00 bits per heavy atom. The van der Waals surface area contributed by atoms with Crippen molar-refractivity contribution < 1.29 is 13.6 Å². The Morgan fingerprint density at radius 2 is 1.84 bits per heavy atom. The van der Waals surface area contributed by atoms with E-state index < -0.39 is 0 Å². The topological polar surface area (TPSA) is 51.9 Å². The lowest BCUT2D eigenvalue weighted by atomic mass is 10.2. The van der Waals surface area contributed by atoms with Crippen molar-refractivity contribution in [1.29, 1.82) is 0 Å². The van der Waals surface area contributed by atoms with Gasteiger partial charge in [0.05, 0.1) is 11.9 Å². The van der Waals surface area contributed by atoms with E-state index in [0.717, 1.165) is 11.0 Å². The van der Waals surface area contributed by atoms with Gasteiger partial charge >= 0.3 is 0 Å². The van der Waals surface area contributed by atoms with Crippen molar-refractivity contribution >= 4 is 33.5 Å². The highest BCUT2D eigenvalue weighted by Gasteiger charge is 2.17. The second-order valence-electron chi connectivity index (χ2n) is 7.47. The SMILES string of the molecule is Cn1ccc2cc(NC(=O)c3cc4cc(F)ccc4n3Cc3cccc(F)c3)cnc21. The van der Waals surface area contributed by atoms with Crippen LogP contribution in [0.2, 0.25) is 0 Å². The molecule has 5 nitrogen and oxygen atoms in total. The number of benzene rings is 2. The molecule has 0 spiro atoms. The quantitative estimate of drug-likeness (QED) is 0.443. The van der Waals surface area contributed by atoms with Gasteiger partial charge in [0, 0.05) is 36.1 Å². The number of amides is 1. The van der Waals surface area contributed by atoms with E-state index in [-0.39, 0.29) is 24.1 Å². The normalized spacial score (nSPS) is 11.3. The second kappa shape index (κ2) is 7.36. The highest BCUT2D eigenvalue weighted by Crippen LogP contribution is 2.24.